The summed E-state index contributed by atoms with van der Waals surface area (Å²) in [6.07, 6.45) is 6.40. The summed E-state index contributed by atoms with van der Waals surface area (Å²) < 4.78 is 5.55. The maximum atomic E-state index is 5.55. The molecule has 0 saturated heterocycles. The molecule has 1 heteroatoms. The largest absolute Gasteiger partial charge is 0.376 e. The molecule has 0 unspecified atom stereocenters. The first kappa shape index (κ1) is 12.7. The van der Waals surface area contributed by atoms with E-state index in [1.165, 1.54) is 0 Å². The second kappa shape index (κ2) is 7.89. The lowest BCUT2D eigenvalue weighted by Gasteiger charge is -2.06. The minimum Gasteiger partial charge on any atom is -0.376 e. The molecule has 1 aromatic carbocycles. The van der Waals surface area contributed by atoms with E-state index in [9.17, 15) is 0 Å². The van der Waals surface area contributed by atoms with Gasteiger partial charge in [0.1, 0.15) is 0 Å². The van der Waals surface area contributed by atoms with E-state index in [1.807, 2.05) is 18.2 Å². The number of benzene rings is 1. The fraction of sp³-hybridized carbons (Fsp3) is 0.333. The van der Waals surface area contributed by atoms with Gasteiger partial charge in [0.2, 0.25) is 0 Å². The maximum Gasteiger partial charge on any atom is 0.0717 e. The summed E-state index contributed by atoms with van der Waals surface area (Å²) in [6, 6.07) is 10.2. The SMILES string of the molecule is C=C(COCC/C=C\CC)c1ccccc1. The van der Waals surface area contributed by atoms with E-state index in [4.69, 9.17) is 4.74 Å². The standard InChI is InChI=1S/C15H20O/c1-3-4-5-9-12-16-13-14(2)15-10-7-6-8-11-15/h4-8,10-11H,2-3,9,12-13H2,1H3/b5-4-. The molecule has 0 aliphatic carbocycles. The summed E-state index contributed by atoms with van der Waals surface area (Å²) in [5.41, 5.74) is 2.20. The molecule has 0 atom stereocenters. The van der Waals surface area contributed by atoms with Crippen LogP contribution in [0, 0.1) is 0 Å². The summed E-state index contributed by atoms with van der Waals surface area (Å²) >= 11 is 0. The molecule has 1 nitrogen and oxygen atoms in total. The maximum absolute atomic E-state index is 5.55. The molecule has 0 aromatic heterocycles. The van der Waals surface area contributed by atoms with Crippen LogP contribution in [0.1, 0.15) is 25.3 Å². The van der Waals surface area contributed by atoms with Crippen LogP contribution < -0.4 is 0 Å². The van der Waals surface area contributed by atoms with E-state index < -0.39 is 0 Å². The molecule has 86 valence electrons. The van der Waals surface area contributed by atoms with Crippen molar-refractivity contribution in [3.63, 3.8) is 0 Å². The van der Waals surface area contributed by atoms with Crippen LogP contribution in [0.5, 0.6) is 0 Å². The van der Waals surface area contributed by atoms with Gasteiger partial charge in [-0.05, 0) is 24.0 Å². The molecule has 16 heavy (non-hydrogen) atoms. The minimum absolute atomic E-state index is 0.615. The lowest BCUT2D eigenvalue weighted by atomic mass is 10.1. The van der Waals surface area contributed by atoms with Gasteiger partial charge in [0.15, 0.2) is 0 Å². The van der Waals surface area contributed by atoms with Gasteiger partial charge in [0, 0.05) is 0 Å². The third-order valence-electron chi connectivity index (χ3n) is 2.29. The predicted octanol–water partition coefficient (Wildman–Crippen LogP) is 4.07. The zero-order chi connectivity index (χ0) is 11.6. The van der Waals surface area contributed by atoms with Gasteiger partial charge in [-0.1, -0.05) is 56.0 Å². The van der Waals surface area contributed by atoms with Gasteiger partial charge in [-0.2, -0.15) is 0 Å². The van der Waals surface area contributed by atoms with Crippen molar-refractivity contribution >= 4 is 5.57 Å². The van der Waals surface area contributed by atoms with Crippen molar-refractivity contribution in [2.24, 2.45) is 0 Å². The highest BCUT2D eigenvalue weighted by Crippen LogP contribution is 2.11. The second-order valence-corrected chi connectivity index (χ2v) is 3.69. The Balaban J connectivity index is 2.19. The van der Waals surface area contributed by atoms with Crippen LogP contribution in [-0.4, -0.2) is 13.2 Å². The Kier molecular flexibility index (Phi) is 6.28. The number of hydrogen-bond donors (Lipinski definition) is 0. The van der Waals surface area contributed by atoms with Crippen molar-refractivity contribution in [2.45, 2.75) is 19.8 Å². The van der Waals surface area contributed by atoms with Crippen LogP contribution in [0.4, 0.5) is 0 Å². The van der Waals surface area contributed by atoms with Gasteiger partial charge >= 0.3 is 0 Å². The highest BCUT2D eigenvalue weighted by atomic mass is 16.5. The predicted molar refractivity (Wildman–Crippen MR) is 70.3 cm³/mol. The van der Waals surface area contributed by atoms with Gasteiger partial charge in [-0.15, -0.1) is 0 Å². The Bertz CT molecular complexity index is 325. The smallest absolute Gasteiger partial charge is 0.0717 e. The van der Waals surface area contributed by atoms with Crippen molar-refractivity contribution in [3.05, 3.63) is 54.6 Å². The first-order valence-electron chi connectivity index (χ1n) is 5.80. The average Bonchev–Trinajstić information content (AvgIpc) is 2.34. The Labute approximate surface area is 98.5 Å². The number of ether oxygens (including phenoxy) is 1. The van der Waals surface area contributed by atoms with Crippen molar-refractivity contribution < 1.29 is 4.74 Å². The normalized spacial score (nSPS) is 10.8. The van der Waals surface area contributed by atoms with Crippen molar-refractivity contribution in [2.75, 3.05) is 13.2 Å². The molecule has 0 spiro atoms. The Morgan fingerprint density at radius 2 is 2.00 bits per heavy atom. The first-order chi connectivity index (χ1) is 7.84. The first-order valence-corrected chi connectivity index (χ1v) is 5.80. The van der Waals surface area contributed by atoms with E-state index in [-0.39, 0.29) is 0 Å². The third kappa shape index (κ3) is 4.94. The van der Waals surface area contributed by atoms with Crippen LogP contribution >= 0.6 is 0 Å². The van der Waals surface area contributed by atoms with Crippen LogP contribution in [0.2, 0.25) is 0 Å². The quantitative estimate of drug-likeness (QED) is 0.493. The number of hydrogen-bond acceptors (Lipinski definition) is 1. The van der Waals surface area contributed by atoms with E-state index in [2.05, 4.69) is 37.8 Å². The Hall–Kier alpha value is -1.34. The van der Waals surface area contributed by atoms with Gasteiger partial charge in [-0.25, -0.2) is 0 Å². The summed E-state index contributed by atoms with van der Waals surface area (Å²) in [5, 5.41) is 0. The molecule has 1 rings (SSSR count). The lowest BCUT2D eigenvalue weighted by Crippen LogP contribution is -1.98. The minimum atomic E-state index is 0.615. The monoisotopic (exact) mass is 216 g/mol. The average molecular weight is 216 g/mol. The molecule has 0 N–H and O–H groups in total. The molecule has 0 aliphatic rings. The molecule has 0 amide bonds. The molecule has 1 aromatic rings. The molecule has 0 saturated carbocycles. The molecule has 0 heterocycles. The van der Waals surface area contributed by atoms with E-state index in [0.29, 0.717) is 6.61 Å². The summed E-state index contributed by atoms with van der Waals surface area (Å²) in [4.78, 5) is 0. The fourth-order valence-electron chi connectivity index (χ4n) is 1.39. The Morgan fingerprint density at radius 1 is 1.25 bits per heavy atom. The molecule has 0 aliphatic heterocycles. The van der Waals surface area contributed by atoms with Crippen LogP contribution in [-0.2, 0) is 4.74 Å². The molecule has 0 fully saturated rings. The van der Waals surface area contributed by atoms with Crippen LogP contribution in [0.15, 0.2) is 49.1 Å². The Morgan fingerprint density at radius 3 is 2.69 bits per heavy atom. The highest BCUT2D eigenvalue weighted by molar-refractivity contribution is 5.63. The topological polar surface area (TPSA) is 9.23 Å². The molecular weight excluding hydrogens is 196 g/mol. The van der Waals surface area contributed by atoms with Gasteiger partial charge in [0.25, 0.3) is 0 Å². The zero-order valence-corrected chi connectivity index (χ0v) is 9.99. The fourth-order valence-corrected chi connectivity index (χ4v) is 1.39. The lowest BCUT2D eigenvalue weighted by molar-refractivity contribution is 0.172. The molecule has 0 radical (unpaired) electrons. The molecular formula is C15H20O. The van der Waals surface area contributed by atoms with E-state index in [1.54, 1.807) is 0 Å². The van der Waals surface area contributed by atoms with E-state index >= 15 is 0 Å². The number of rotatable bonds is 7. The van der Waals surface area contributed by atoms with E-state index in [0.717, 1.165) is 30.6 Å². The van der Waals surface area contributed by atoms with Crippen LogP contribution in [0.3, 0.4) is 0 Å². The highest BCUT2D eigenvalue weighted by Gasteiger charge is 1.96. The van der Waals surface area contributed by atoms with Crippen molar-refractivity contribution in [3.8, 4) is 0 Å². The third-order valence-corrected chi connectivity index (χ3v) is 2.29. The summed E-state index contributed by atoms with van der Waals surface area (Å²) in [6.45, 7) is 7.53. The van der Waals surface area contributed by atoms with Crippen molar-refractivity contribution in [1.29, 1.82) is 0 Å². The van der Waals surface area contributed by atoms with Gasteiger partial charge in [0.05, 0.1) is 13.2 Å². The van der Waals surface area contributed by atoms with Gasteiger partial charge in [-0.3, -0.25) is 0 Å². The molecule has 0 bridgehead atoms. The van der Waals surface area contributed by atoms with Gasteiger partial charge < -0.3 is 4.74 Å². The van der Waals surface area contributed by atoms with Crippen LogP contribution in [0.25, 0.3) is 5.57 Å². The second-order valence-electron chi connectivity index (χ2n) is 3.69. The van der Waals surface area contributed by atoms with Crippen molar-refractivity contribution in [1.82, 2.24) is 0 Å². The number of allylic oxidation sites excluding steroid dienone is 1. The summed E-state index contributed by atoms with van der Waals surface area (Å²) in [5.74, 6) is 0. The summed E-state index contributed by atoms with van der Waals surface area (Å²) in [7, 11) is 0. The zero-order valence-electron chi connectivity index (χ0n) is 9.99.